The summed E-state index contributed by atoms with van der Waals surface area (Å²) in [6, 6.07) is 7.62. The Labute approximate surface area is 187 Å². The number of rotatable bonds is 5. The van der Waals surface area contributed by atoms with Crippen molar-refractivity contribution in [1.29, 1.82) is 0 Å². The van der Waals surface area contributed by atoms with E-state index in [0.29, 0.717) is 26.5 Å². The zero-order chi connectivity index (χ0) is 22.0. The van der Waals surface area contributed by atoms with Gasteiger partial charge in [0.1, 0.15) is 12.2 Å². The molecule has 1 fully saturated rings. The van der Waals surface area contributed by atoms with E-state index < -0.39 is 17.8 Å². The topological polar surface area (TPSA) is 75.7 Å². The van der Waals surface area contributed by atoms with Crippen LogP contribution in [-0.4, -0.2) is 24.5 Å². The van der Waals surface area contributed by atoms with Gasteiger partial charge in [0.2, 0.25) is 0 Å². The minimum Gasteiger partial charge on any atom is -0.487 e. The highest BCUT2D eigenvalue weighted by Gasteiger charge is 2.37. The van der Waals surface area contributed by atoms with Crippen LogP contribution in [0.1, 0.15) is 16.7 Å². The van der Waals surface area contributed by atoms with E-state index in [9.17, 15) is 14.4 Å². The first-order valence-electron chi connectivity index (χ1n) is 8.94. The number of carbonyl (C=O) groups excluding carboxylic acids is 3. The minimum absolute atomic E-state index is 0.185. The summed E-state index contributed by atoms with van der Waals surface area (Å²) in [5, 5.41) is 2.50. The van der Waals surface area contributed by atoms with E-state index in [1.807, 2.05) is 19.9 Å². The Hall–Kier alpha value is -2.90. The van der Waals surface area contributed by atoms with Crippen molar-refractivity contribution in [1.82, 2.24) is 5.32 Å². The van der Waals surface area contributed by atoms with Crippen molar-refractivity contribution in [3.05, 3.63) is 74.7 Å². The third kappa shape index (κ3) is 4.32. The zero-order valence-electron chi connectivity index (χ0n) is 16.3. The van der Waals surface area contributed by atoms with Crippen LogP contribution in [0.2, 0.25) is 5.02 Å². The molecule has 8 heteroatoms. The maximum Gasteiger partial charge on any atom is 0.335 e. The lowest BCUT2D eigenvalue weighted by molar-refractivity contribution is -0.122. The lowest BCUT2D eigenvalue weighted by Gasteiger charge is -2.27. The number of imide groups is 2. The van der Waals surface area contributed by atoms with Crippen molar-refractivity contribution in [2.24, 2.45) is 0 Å². The number of halogens is 2. The van der Waals surface area contributed by atoms with Gasteiger partial charge < -0.3 is 4.74 Å². The number of barbiturate groups is 1. The van der Waals surface area contributed by atoms with Gasteiger partial charge in [0.25, 0.3) is 11.8 Å². The number of urea groups is 1. The zero-order valence-corrected chi connectivity index (χ0v) is 18.6. The number of ether oxygens (including phenoxy) is 1. The van der Waals surface area contributed by atoms with E-state index in [0.717, 1.165) is 16.0 Å². The number of amides is 4. The van der Waals surface area contributed by atoms with Gasteiger partial charge >= 0.3 is 6.03 Å². The number of anilines is 1. The van der Waals surface area contributed by atoms with Crippen molar-refractivity contribution in [2.45, 2.75) is 13.8 Å². The summed E-state index contributed by atoms with van der Waals surface area (Å²) in [4.78, 5) is 38.7. The van der Waals surface area contributed by atoms with Gasteiger partial charge in [-0.15, -0.1) is 0 Å². The van der Waals surface area contributed by atoms with E-state index in [2.05, 4.69) is 27.8 Å². The van der Waals surface area contributed by atoms with Crippen LogP contribution in [0.25, 0.3) is 6.08 Å². The maximum atomic E-state index is 13.0. The quantitative estimate of drug-likeness (QED) is 0.366. The van der Waals surface area contributed by atoms with Crippen LogP contribution in [0.4, 0.5) is 10.5 Å². The highest BCUT2D eigenvalue weighted by Crippen LogP contribution is 2.35. The fourth-order valence-electron chi connectivity index (χ4n) is 2.87. The molecule has 30 heavy (non-hydrogen) atoms. The third-order valence-corrected chi connectivity index (χ3v) is 5.40. The lowest BCUT2D eigenvalue weighted by Crippen LogP contribution is -2.54. The summed E-state index contributed by atoms with van der Waals surface area (Å²) in [7, 11) is 0. The Kier molecular flexibility index (Phi) is 6.43. The van der Waals surface area contributed by atoms with Crippen LogP contribution in [0, 0.1) is 13.8 Å². The van der Waals surface area contributed by atoms with Gasteiger partial charge in [-0.3, -0.25) is 14.9 Å². The second kappa shape index (κ2) is 8.85. The summed E-state index contributed by atoms with van der Waals surface area (Å²) in [6.07, 6.45) is 2.97. The number of nitrogens with zero attached hydrogens (tertiary/aromatic N) is 1. The fourth-order valence-corrected chi connectivity index (χ4v) is 3.86. The van der Waals surface area contributed by atoms with Gasteiger partial charge in [-0.2, -0.15) is 0 Å². The maximum absolute atomic E-state index is 13.0. The molecule has 6 nitrogen and oxygen atoms in total. The summed E-state index contributed by atoms with van der Waals surface area (Å²) in [5.74, 6) is -1.07. The predicted octanol–water partition coefficient (Wildman–Crippen LogP) is 4.95. The molecule has 0 aromatic heterocycles. The van der Waals surface area contributed by atoms with Gasteiger partial charge in [0.05, 0.1) is 15.2 Å². The minimum atomic E-state index is -0.794. The van der Waals surface area contributed by atoms with Gasteiger partial charge in [-0.05, 0) is 76.8 Å². The lowest BCUT2D eigenvalue weighted by atomic mass is 10.0. The molecule has 0 unspecified atom stereocenters. The molecule has 0 saturated carbocycles. The standard InChI is InChI=1S/C22H18BrClN2O4/c1-4-7-30-19-17(23)10-14(11-18(19)24)9-16-20(27)25-22(29)26(21(16)28)15-6-5-12(2)13(3)8-15/h4-6,8-11H,1,7H2,2-3H3,(H,25,27,29)/b16-9+. The largest absolute Gasteiger partial charge is 0.487 e. The van der Waals surface area contributed by atoms with Crippen LogP contribution < -0.4 is 15.0 Å². The number of benzene rings is 2. The second-order valence-corrected chi connectivity index (χ2v) is 7.90. The molecule has 2 aromatic carbocycles. The molecule has 2 aromatic rings. The molecule has 0 bridgehead atoms. The first-order valence-corrected chi connectivity index (χ1v) is 10.1. The Bertz CT molecular complexity index is 1090. The number of hydrogen-bond donors (Lipinski definition) is 1. The summed E-state index contributed by atoms with van der Waals surface area (Å²) in [6.45, 7) is 7.66. The Balaban J connectivity index is 2.00. The van der Waals surface area contributed by atoms with Crippen molar-refractivity contribution in [3.8, 4) is 5.75 Å². The van der Waals surface area contributed by atoms with E-state index in [1.54, 1.807) is 30.3 Å². The Morgan fingerprint density at radius 2 is 1.90 bits per heavy atom. The van der Waals surface area contributed by atoms with Crippen LogP contribution in [0.3, 0.4) is 0 Å². The molecular weight excluding hydrogens is 472 g/mol. The highest BCUT2D eigenvalue weighted by molar-refractivity contribution is 9.10. The molecule has 0 spiro atoms. The van der Waals surface area contributed by atoms with E-state index in [-0.39, 0.29) is 12.2 Å². The van der Waals surface area contributed by atoms with Gasteiger partial charge in [-0.1, -0.05) is 30.3 Å². The van der Waals surface area contributed by atoms with Crippen molar-refractivity contribution in [2.75, 3.05) is 11.5 Å². The second-order valence-electron chi connectivity index (χ2n) is 6.64. The SMILES string of the molecule is C=CCOc1c(Cl)cc(/C=C2\C(=O)NC(=O)N(c3ccc(C)c(C)c3)C2=O)cc1Br. The monoisotopic (exact) mass is 488 g/mol. The molecule has 0 atom stereocenters. The van der Waals surface area contributed by atoms with Crippen LogP contribution in [0.15, 0.2) is 53.0 Å². The third-order valence-electron chi connectivity index (χ3n) is 4.53. The molecular formula is C22H18BrClN2O4. The predicted molar refractivity (Wildman–Crippen MR) is 120 cm³/mol. The van der Waals surface area contributed by atoms with Gasteiger partial charge in [-0.25, -0.2) is 9.69 Å². The van der Waals surface area contributed by atoms with Crippen LogP contribution in [0.5, 0.6) is 5.75 Å². The first kappa shape index (κ1) is 21.8. The normalized spacial score (nSPS) is 15.4. The molecule has 154 valence electrons. The first-order chi connectivity index (χ1) is 14.2. The van der Waals surface area contributed by atoms with E-state index >= 15 is 0 Å². The van der Waals surface area contributed by atoms with Crippen molar-refractivity contribution < 1.29 is 19.1 Å². The summed E-state index contributed by atoms with van der Waals surface area (Å²) in [5.41, 5.74) is 2.63. The van der Waals surface area contributed by atoms with E-state index in [1.165, 1.54) is 6.08 Å². The van der Waals surface area contributed by atoms with Crippen molar-refractivity contribution in [3.63, 3.8) is 0 Å². The molecule has 1 N–H and O–H groups in total. The van der Waals surface area contributed by atoms with Gasteiger partial charge in [0, 0.05) is 0 Å². The Morgan fingerprint density at radius 1 is 1.17 bits per heavy atom. The molecule has 1 saturated heterocycles. The summed E-state index contributed by atoms with van der Waals surface area (Å²) < 4.78 is 6.05. The fraction of sp³-hybridized carbons (Fsp3) is 0.136. The highest BCUT2D eigenvalue weighted by atomic mass is 79.9. The summed E-state index contributed by atoms with van der Waals surface area (Å²) >= 11 is 9.65. The number of carbonyl (C=O) groups is 3. The molecule has 4 amide bonds. The number of aryl methyl sites for hydroxylation is 2. The number of hydrogen-bond acceptors (Lipinski definition) is 4. The number of nitrogens with one attached hydrogen (secondary N) is 1. The molecule has 1 aliphatic heterocycles. The van der Waals surface area contributed by atoms with Gasteiger partial charge in [0.15, 0.2) is 5.75 Å². The molecule has 1 aliphatic rings. The average molecular weight is 490 g/mol. The van der Waals surface area contributed by atoms with Crippen LogP contribution in [-0.2, 0) is 9.59 Å². The molecule has 0 radical (unpaired) electrons. The van der Waals surface area contributed by atoms with Crippen molar-refractivity contribution >= 4 is 57.1 Å². The molecule has 0 aliphatic carbocycles. The smallest absolute Gasteiger partial charge is 0.335 e. The average Bonchev–Trinajstić information content (AvgIpc) is 2.67. The van der Waals surface area contributed by atoms with Crippen LogP contribution >= 0.6 is 27.5 Å². The van der Waals surface area contributed by atoms with E-state index in [4.69, 9.17) is 16.3 Å². The Morgan fingerprint density at radius 3 is 2.53 bits per heavy atom. The molecule has 1 heterocycles. The molecule has 3 rings (SSSR count).